The van der Waals surface area contributed by atoms with Crippen molar-refractivity contribution in [2.45, 2.75) is 6.92 Å². The lowest BCUT2D eigenvalue weighted by atomic mass is 10.0. The fourth-order valence-corrected chi connectivity index (χ4v) is 1.89. The van der Waals surface area contributed by atoms with E-state index in [4.69, 9.17) is 27.9 Å². The fourth-order valence-electron chi connectivity index (χ4n) is 1.60. The van der Waals surface area contributed by atoms with Gasteiger partial charge in [-0.15, -0.1) is 0 Å². The van der Waals surface area contributed by atoms with Crippen molar-refractivity contribution >= 4 is 29.2 Å². The maximum absolute atomic E-state index is 11.1. The minimum absolute atomic E-state index is 0.382. The SMILES string of the molecule is CC(=O)Oc1cc(Cl)ccc1-c1ccc(Cl)cc1. The summed E-state index contributed by atoms with van der Waals surface area (Å²) in [5, 5.41) is 1.17. The Hall–Kier alpha value is -1.51. The first-order valence-electron chi connectivity index (χ1n) is 5.30. The summed E-state index contributed by atoms with van der Waals surface area (Å²) in [6.07, 6.45) is 0. The molecule has 2 aromatic rings. The first-order chi connectivity index (χ1) is 8.56. The van der Waals surface area contributed by atoms with Crippen LogP contribution in [0.4, 0.5) is 0 Å². The lowest BCUT2D eigenvalue weighted by Crippen LogP contribution is -2.02. The van der Waals surface area contributed by atoms with Gasteiger partial charge < -0.3 is 4.74 Å². The predicted molar refractivity (Wildman–Crippen MR) is 73.2 cm³/mol. The van der Waals surface area contributed by atoms with Crippen LogP contribution in [0, 0.1) is 0 Å². The molecular formula is C14H10Cl2O2. The molecule has 0 N–H and O–H groups in total. The fraction of sp³-hybridized carbons (Fsp3) is 0.0714. The molecule has 0 saturated heterocycles. The van der Waals surface area contributed by atoms with Gasteiger partial charge in [-0.1, -0.05) is 35.3 Å². The van der Waals surface area contributed by atoms with Crippen molar-refractivity contribution in [1.82, 2.24) is 0 Å². The number of halogens is 2. The average Bonchev–Trinajstić information content (AvgIpc) is 2.30. The first kappa shape index (κ1) is 12.9. The summed E-state index contributed by atoms with van der Waals surface area (Å²) in [5.74, 6) is 0.0600. The zero-order valence-electron chi connectivity index (χ0n) is 9.61. The number of carbonyl (C=O) groups excluding carboxylic acids is 1. The van der Waals surface area contributed by atoms with E-state index in [0.717, 1.165) is 11.1 Å². The zero-order valence-corrected chi connectivity index (χ0v) is 11.1. The van der Waals surface area contributed by atoms with E-state index in [2.05, 4.69) is 0 Å². The molecule has 0 spiro atoms. The lowest BCUT2D eigenvalue weighted by molar-refractivity contribution is -0.131. The Morgan fingerprint density at radius 3 is 2.22 bits per heavy atom. The van der Waals surface area contributed by atoms with E-state index < -0.39 is 0 Å². The molecule has 0 atom stereocenters. The van der Waals surface area contributed by atoms with Gasteiger partial charge in [-0.05, 0) is 29.8 Å². The third kappa shape index (κ3) is 3.03. The summed E-state index contributed by atoms with van der Waals surface area (Å²) in [7, 11) is 0. The summed E-state index contributed by atoms with van der Waals surface area (Å²) in [6.45, 7) is 1.35. The molecule has 0 fully saturated rings. The molecule has 4 heteroatoms. The Morgan fingerprint density at radius 1 is 1.00 bits per heavy atom. The van der Waals surface area contributed by atoms with Crippen LogP contribution in [0.3, 0.4) is 0 Å². The molecule has 0 heterocycles. The maximum Gasteiger partial charge on any atom is 0.308 e. The largest absolute Gasteiger partial charge is 0.426 e. The quantitative estimate of drug-likeness (QED) is 0.594. The summed E-state index contributed by atoms with van der Waals surface area (Å²) in [6, 6.07) is 12.5. The van der Waals surface area contributed by atoms with Gasteiger partial charge >= 0.3 is 5.97 Å². The molecule has 2 rings (SSSR count). The molecule has 2 aromatic carbocycles. The van der Waals surface area contributed by atoms with Crippen LogP contribution in [0.1, 0.15) is 6.92 Å². The van der Waals surface area contributed by atoms with Crippen LogP contribution in [-0.2, 0) is 4.79 Å². The summed E-state index contributed by atoms with van der Waals surface area (Å²) >= 11 is 11.7. The Balaban J connectivity index is 2.49. The summed E-state index contributed by atoms with van der Waals surface area (Å²) in [4.78, 5) is 11.1. The molecule has 0 aliphatic rings. The topological polar surface area (TPSA) is 26.3 Å². The van der Waals surface area contributed by atoms with Gasteiger partial charge in [0.25, 0.3) is 0 Å². The van der Waals surface area contributed by atoms with Gasteiger partial charge in [0.1, 0.15) is 5.75 Å². The third-order valence-electron chi connectivity index (χ3n) is 2.35. The van der Waals surface area contributed by atoms with Gasteiger partial charge in [0, 0.05) is 28.6 Å². The average molecular weight is 281 g/mol. The van der Waals surface area contributed by atoms with E-state index >= 15 is 0 Å². The highest BCUT2D eigenvalue weighted by atomic mass is 35.5. The molecule has 0 aliphatic carbocycles. The number of ether oxygens (including phenoxy) is 1. The van der Waals surface area contributed by atoms with Gasteiger partial charge in [0.05, 0.1) is 0 Å². The van der Waals surface area contributed by atoms with E-state index in [1.807, 2.05) is 18.2 Å². The molecule has 0 radical (unpaired) electrons. The van der Waals surface area contributed by atoms with Crippen molar-refractivity contribution in [3.8, 4) is 16.9 Å². The number of rotatable bonds is 2. The minimum Gasteiger partial charge on any atom is -0.426 e. The van der Waals surface area contributed by atoms with Gasteiger partial charge in [-0.2, -0.15) is 0 Å². The minimum atomic E-state index is -0.382. The van der Waals surface area contributed by atoms with Crippen molar-refractivity contribution in [3.05, 3.63) is 52.5 Å². The second-order valence-corrected chi connectivity index (χ2v) is 4.61. The van der Waals surface area contributed by atoms with Gasteiger partial charge in [-0.3, -0.25) is 4.79 Å². The van der Waals surface area contributed by atoms with E-state index in [1.165, 1.54) is 6.92 Å². The molecule has 92 valence electrons. The Kier molecular flexibility index (Phi) is 3.90. The molecule has 18 heavy (non-hydrogen) atoms. The molecule has 0 amide bonds. The van der Waals surface area contributed by atoms with E-state index in [0.29, 0.717) is 15.8 Å². The van der Waals surface area contributed by atoms with Crippen molar-refractivity contribution < 1.29 is 9.53 Å². The van der Waals surface area contributed by atoms with Crippen LogP contribution in [-0.4, -0.2) is 5.97 Å². The molecule has 2 nitrogen and oxygen atoms in total. The smallest absolute Gasteiger partial charge is 0.308 e. The molecule has 0 unspecified atom stereocenters. The first-order valence-corrected chi connectivity index (χ1v) is 6.06. The number of esters is 1. The lowest BCUT2D eigenvalue weighted by Gasteiger charge is -2.09. The Morgan fingerprint density at radius 2 is 1.61 bits per heavy atom. The number of carbonyl (C=O) groups is 1. The van der Waals surface area contributed by atoms with Gasteiger partial charge in [-0.25, -0.2) is 0 Å². The molecule has 0 aromatic heterocycles. The van der Waals surface area contributed by atoms with Crippen LogP contribution in [0.25, 0.3) is 11.1 Å². The predicted octanol–water partition coefficient (Wildman–Crippen LogP) is 4.59. The number of benzene rings is 2. The summed E-state index contributed by atoms with van der Waals surface area (Å²) < 4.78 is 5.15. The van der Waals surface area contributed by atoms with Crippen LogP contribution in [0.2, 0.25) is 10.0 Å². The maximum atomic E-state index is 11.1. The van der Waals surface area contributed by atoms with Crippen LogP contribution in [0.5, 0.6) is 5.75 Å². The summed E-state index contributed by atoms with van der Waals surface area (Å²) in [5.41, 5.74) is 1.71. The van der Waals surface area contributed by atoms with E-state index in [-0.39, 0.29) is 5.97 Å². The molecule has 0 saturated carbocycles. The number of hydrogen-bond acceptors (Lipinski definition) is 2. The Labute approximate surface area is 115 Å². The second-order valence-electron chi connectivity index (χ2n) is 3.74. The van der Waals surface area contributed by atoms with E-state index in [1.54, 1.807) is 24.3 Å². The van der Waals surface area contributed by atoms with Crippen molar-refractivity contribution in [1.29, 1.82) is 0 Å². The van der Waals surface area contributed by atoms with Crippen molar-refractivity contribution in [3.63, 3.8) is 0 Å². The second kappa shape index (κ2) is 5.42. The van der Waals surface area contributed by atoms with Crippen LogP contribution in [0.15, 0.2) is 42.5 Å². The Bertz CT molecular complexity index is 577. The normalized spacial score (nSPS) is 10.2. The van der Waals surface area contributed by atoms with E-state index in [9.17, 15) is 4.79 Å². The van der Waals surface area contributed by atoms with Gasteiger partial charge in [0.2, 0.25) is 0 Å². The molecule has 0 aliphatic heterocycles. The highest BCUT2D eigenvalue weighted by Crippen LogP contribution is 2.33. The van der Waals surface area contributed by atoms with Crippen molar-refractivity contribution in [2.75, 3.05) is 0 Å². The third-order valence-corrected chi connectivity index (χ3v) is 2.84. The van der Waals surface area contributed by atoms with Crippen LogP contribution < -0.4 is 4.74 Å². The monoisotopic (exact) mass is 280 g/mol. The zero-order chi connectivity index (χ0) is 13.1. The standard InChI is InChI=1S/C14H10Cl2O2/c1-9(17)18-14-8-12(16)6-7-13(14)10-2-4-11(15)5-3-10/h2-8H,1H3. The molecular weight excluding hydrogens is 271 g/mol. The highest BCUT2D eigenvalue weighted by molar-refractivity contribution is 6.31. The highest BCUT2D eigenvalue weighted by Gasteiger charge is 2.09. The van der Waals surface area contributed by atoms with Crippen LogP contribution >= 0.6 is 23.2 Å². The molecule has 0 bridgehead atoms. The van der Waals surface area contributed by atoms with Gasteiger partial charge in [0.15, 0.2) is 0 Å². The number of hydrogen-bond donors (Lipinski definition) is 0. The van der Waals surface area contributed by atoms with Crippen molar-refractivity contribution in [2.24, 2.45) is 0 Å².